The first-order chi connectivity index (χ1) is 7.32. The van der Waals surface area contributed by atoms with Gasteiger partial charge in [0.2, 0.25) is 5.91 Å². The van der Waals surface area contributed by atoms with Crippen LogP contribution in [0.15, 0.2) is 0 Å². The van der Waals surface area contributed by atoms with E-state index in [2.05, 4.69) is 5.32 Å². The summed E-state index contributed by atoms with van der Waals surface area (Å²) < 4.78 is 22.4. The Labute approximate surface area is 96.7 Å². The number of sulfone groups is 1. The predicted molar refractivity (Wildman–Crippen MR) is 62.6 cm³/mol. The lowest BCUT2D eigenvalue weighted by atomic mass is 10.0. The lowest BCUT2D eigenvalue weighted by molar-refractivity contribution is -0.123. The van der Waals surface area contributed by atoms with Gasteiger partial charge in [-0.2, -0.15) is 0 Å². The first-order valence-corrected chi connectivity index (χ1v) is 7.37. The minimum absolute atomic E-state index is 0.0494. The van der Waals surface area contributed by atoms with Crippen molar-refractivity contribution >= 4 is 15.7 Å². The van der Waals surface area contributed by atoms with Crippen molar-refractivity contribution in [3.8, 4) is 0 Å². The summed E-state index contributed by atoms with van der Waals surface area (Å²) in [6, 6.07) is -0.516. The van der Waals surface area contributed by atoms with Crippen molar-refractivity contribution < 1.29 is 13.2 Å². The van der Waals surface area contributed by atoms with Gasteiger partial charge in [0, 0.05) is 6.54 Å². The number of nitrogens with one attached hydrogen (secondary N) is 1. The Bertz CT molecular complexity index is 351. The van der Waals surface area contributed by atoms with Gasteiger partial charge in [-0.3, -0.25) is 4.79 Å². The molecule has 0 aromatic heterocycles. The molecule has 0 aromatic carbocycles. The molecule has 2 atom stereocenters. The molecule has 0 bridgehead atoms. The molecule has 1 aliphatic rings. The van der Waals surface area contributed by atoms with Crippen LogP contribution in [0.5, 0.6) is 0 Å². The molecule has 0 saturated carbocycles. The van der Waals surface area contributed by atoms with E-state index in [4.69, 9.17) is 5.73 Å². The van der Waals surface area contributed by atoms with Crippen LogP contribution in [0.2, 0.25) is 0 Å². The van der Waals surface area contributed by atoms with Crippen LogP contribution in [0.3, 0.4) is 0 Å². The Hall–Kier alpha value is -0.620. The Morgan fingerprint density at radius 2 is 2.12 bits per heavy atom. The Balaban J connectivity index is 2.34. The highest BCUT2D eigenvalue weighted by atomic mass is 32.2. The van der Waals surface area contributed by atoms with Gasteiger partial charge >= 0.3 is 0 Å². The second-order valence-corrected chi connectivity index (χ2v) is 7.01. The van der Waals surface area contributed by atoms with E-state index >= 15 is 0 Å². The van der Waals surface area contributed by atoms with Crippen molar-refractivity contribution in [2.24, 2.45) is 17.6 Å². The highest BCUT2D eigenvalue weighted by molar-refractivity contribution is 7.91. The molecule has 1 heterocycles. The summed E-state index contributed by atoms with van der Waals surface area (Å²) in [5.74, 6) is 0.369. The standard InChI is InChI=1S/C10H20N2O3S/c1-7(2)9(11)10(13)12-5-8-3-4-16(14,15)6-8/h7-9H,3-6,11H2,1-2H3,(H,12,13)/t8?,9-/m0/s1. The molecule has 1 saturated heterocycles. The first kappa shape index (κ1) is 13.4. The zero-order chi connectivity index (χ0) is 12.3. The molecule has 0 aromatic rings. The van der Waals surface area contributed by atoms with Crippen molar-refractivity contribution in [3.63, 3.8) is 0 Å². The third-order valence-corrected chi connectivity index (χ3v) is 4.75. The number of hydrogen-bond donors (Lipinski definition) is 2. The largest absolute Gasteiger partial charge is 0.354 e. The predicted octanol–water partition coefficient (Wildman–Crippen LogP) is -0.479. The van der Waals surface area contributed by atoms with Crippen molar-refractivity contribution in [1.82, 2.24) is 5.32 Å². The van der Waals surface area contributed by atoms with Crippen LogP contribution in [-0.4, -0.2) is 38.4 Å². The SMILES string of the molecule is CC(C)[C@H](N)C(=O)NCC1CCS(=O)(=O)C1. The number of amides is 1. The lowest BCUT2D eigenvalue weighted by Gasteiger charge is -2.16. The van der Waals surface area contributed by atoms with Crippen molar-refractivity contribution in [2.75, 3.05) is 18.1 Å². The van der Waals surface area contributed by atoms with E-state index in [9.17, 15) is 13.2 Å². The van der Waals surface area contributed by atoms with E-state index in [1.54, 1.807) is 0 Å². The monoisotopic (exact) mass is 248 g/mol. The van der Waals surface area contributed by atoms with Crippen LogP contribution in [0.25, 0.3) is 0 Å². The quantitative estimate of drug-likeness (QED) is 0.703. The van der Waals surface area contributed by atoms with Crippen LogP contribution in [0.4, 0.5) is 0 Å². The maximum absolute atomic E-state index is 11.5. The molecule has 6 heteroatoms. The molecule has 94 valence electrons. The van der Waals surface area contributed by atoms with Gasteiger partial charge in [-0.1, -0.05) is 13.8 Å². The number of hydrogen-bond acceptors (Lipinski definition) is 4. The van der Waals surface area contributed by atoms with E-state index in [0.717, 1.165) is 0 Å². The van der Waals surface area contributed by atoms with Gasteiger partial charge in [0.1, 0.15) is 0 Å². The van der Waals surface area contributed by atoms with Gasteiger partial charge in [0.05, 0.1) is 17.5 Å². The van der Waals surface area contributed by atoms with Crippen molar-refractivity contribution in [3.05, 3.63) is 0 Å². The first-order valence-electron chi connectivity index (χ1n) is 5.55. The molecular formula is C10H20N2O3S. The highest BCUT2D eigenvalue weighted by Gasteiger charge is 2.28. The summed E-state index contributed by atoms with van der Waals surface area (Å²) in [7, 11) is -2.86. The Morgan fingerprint density at radius 1 is 1.50 bits per heavy atom. The van der Waals surface area contributed by atoms with E-state index < -0.39 is 15.9 Å². The summed E-state index contributed by atoms with van der Waals surface area (Å²) in [6.07, 6.45) is 0.638. The average molecular weight is 248 g/mol. The van der Waals surface area contributed by atoms with Gasteiger partial charge in [0.15, 0.2) is 9.84 Å². The van der Waals surface area contributed by atoms with E-state index in [1.807, 2.05) is 13.8 Å². The normalized spacial score (nSPS) is 25.6. The van der Waals surface area contributed by atoms with Crippen LogP contribution < -0.4 is 11.1 Å². The fourth-order valence-electron chi connectivity index (χ4n) is 1.70. The topological polar surface area (TPSA) is 89.3 Å². The van der Waals surface area contributed by atoms with Gasteiger partial charge in [0.25, 0.3) is 0 Å². The molecule has 1 rings (SSSR count). The zero-order valence-corrected chi connectivity index (χ0v) is 10.6. The molecule has 1 fully saturated rings. The molecule has 1 aliphatic heterocycles. The van der Waals surface area contributed by atoms with Crippen LogP contribution >= 0.6 is 0 Å². The molecular weight excluding hydrogens is 228 g/mol. The number of carbonyl (C=O) groups is 1. The average Bonchev–Trinajstić information content (AvgIpc) is 2.53. The Morgan fingerprint density at radius 3 is 2.56 bits per heavy atom. The molecule has 0 radical (unpaired) electrons. The minimum atomic E-state index is -2.86. The van der Waals surface area contributed by atoms with Crippen LogP contribution in [-0.2, 0) is 14.6 Å². The number of rotatable bonds is 4. The van der Waals surface area contributed by atoms with Gasteiger partial charge < -0.3 is 11.1 Å². The van der Waals surface area contributed by atoms with Crippen LogP contribution in [0, 0.1) is 11.8 Å². The molecule has 0 spiro atoms. The Kier molecular flexibility index (Phi) is 4.32. The summed E-state index contributed by atoms with van der Waals surface area (Å²) in [5, 5.41) is 2.72. The zero-order valence-electron chi connectivity index (χ0n) is 9.77. The minimum Gasteiger partial charge on any atom is -0.354 e. The fourth-order valence-corrected chi connectivity index (χ4v) is 3.56. The van der Waals surface area contributed by atoms with E-state index in [0.29, 0.717) is 13.0 Å². The van der Waals surface area contributed by atoms with E-state index in [1.165, 1.54) is 0 Å². The number of carbonyl (C=O) groups excluding carboxylic acids is 1. The highest BCUT2D eigenvalue weighted by Crippen LogP contribution is 2.17. The maximum atomic E-state index is 11.5. The van der Waals surface area contributed by atoms with Gasteiger partial charge in [-0.15, -0.1) is 0 Å². The summed E-state index contributed by atoms with van der Waals surface area (Å²) >= 11 is 0. The maximum Gasteiger partial charge on any atom is 0.237 e. The van der Waals surface area contributed by atoms with Gasteiger partial charge in [-0.05, 0) is 18.3 Å². The second-order valence-electron chi connectivity index (χ2n) is 4.78. The third kappa shape index (κ3) is 3.75. The second kappa shape index (κ2) is 5.14. The van der Waals surface area contributed by atoms with Crippen LogP contribution in [0.1, 0.15) is 20.3 Å². The van der Waals surface area contributed by atoms with Crippen molar-refractivity contribution in [1.29, 1.82) is 0 Å². The molecule has 16 heavy (non-hydrogen) atoms. The van der Waals surface area contributed by atoms with Gasteiger partial charge in [-0.25, -0.2) is 8.42 Å². The third-order valence-electron chi connectivity index (χ3n) is 2.91. The molecule has 3 N–H and O–H groups in total. The molecule has 1 unspecified atom stereocenters. The lowest BCUT2D eigenvalue weighted by Crippen LogP contribution is -2.45. The summed E-state index contributed by atoms with van der Waals surface area (Å²) in [5.41, 5.74) is 5.67. The fraction of sp³-hybridized carbons (Fsp3) is 0.900. The summed E-state index contributed by atoms with van der Waals surface area (Å²) in [4.78, 5) is 11.5. The summed E-state index contributed by atoms with van der Waals surface area (Å²) in [6.45, 7) is 4.17. The molecule has 1 amide bonds. The van der Waals surface area contributed by atoms with E-state index in [-0.39, 0.29) is 29.2 Å². The molecule has 5 nitrogen and oxygen atoms in total. The van der Waals surface area contributed by atoms with Crippen molar-refractivity contribution in [2.45, 2.75) is 26.3 Å². The smallest absolute Gasteiger partial charge is 0.237 e. The number of nitrogens with two attached hydrogens (primary N) is 1. The molecule has 0 aliphatic carbocycles.